The summed E-state index contributed by atoms with van der Waals surface area (Å²) in [5.74, 6) is 1.04. The topological polar surface area (TPSA) is 41.5 Å². The first kappa shape index (κ1) is 14.6. The van der Waals surface area contributed by atoms with Crippen molar-refractivity contribution in [3.63, 3.8) is 0 Å². The Morgan fingerprint density at radius 2 is 2.00 bits per heavy atom. The highest BCUT2D eigenvalue weighted by Gasteiger charge is 2.17. The van der Waals surface area contributed by atoms with Crippen LogP contribution in [0.2, 0.25) is 0 Å². The standard InChI is InChI=1S/C17H18BrNO2/c18-16-7-14-4-5-21-17(14)15(8-16)10-19-9-12-2-1-3-13(6-12)11-20/h1-3,6-8,19-20H,4-5,9-11H2. The lowest BCUT2D eigenvalue weighted by molar-refractivity contribution is 0.281. The van der Waals surface area contributed by atoms with Crippen molar-refractivity contribution in [1.29, 1.82) is 0 Å². The first-order valence-electron chi connectivity index (χ1n) is 7.10. The van der Waals surface area contributed by atoms with E-state index in [2.05, 4.69) is 39.4 Å². The Labute approximate surface area is 133 Å². The van der Waals surface area contributed by atoms with Crippen molar-refractivity contribution in [2.75, 3.05) is 6.61 Å². The molecule has 0 atom stereocenters. The molecule has 2 aromatic carbocycles. The van der Waals surface area contributed by atoms with Crippen LogP contribution in [0.1, 0.15) is 22.3 Å². The normalized spacial score (nSPS) is 13.0. The van der Waals surface area contributed by atoms with Gasteiger partial charge in [-0.2, -0.15) is 0 Å². The summed E-state index contributed by atoms with van der Waals surface area (Å²) in [5.41, 5.74) is 4.59. The number of hydrogen-bond donors (Lipinski definition) is 2. The quantitative estimate of drug-likeness (QED) is 0.872. The molecule has 0 aliphatic carbocycles. The van der Waals surface area contributed by atoms with Gasteiger partial charge in [0.1, 0.15) is 5.75 Å². The van der Waals surface area contributed by atoms with Crippen LogP contribution in [0.4, 0.5) is 0 Å². The third kappa shape index (κ3) is 3.46. The molecule has 2 N–H and O–H groups in total. The molecule has 3 nitrogen and oxygen atoms in total. The Morgan fingerprint density at radius 1 is 1.14 bits per heavy atom. The molecule has 0 saturated carbocycles. The molecule has 0 radical (unpaired) electrons. The third-order valence-corrected chi connectivity index (χ3v) is 4.10. The maximum Gasteiger partial charge on any atom is 0.127 e. The van der Waals surface area contributed by atoms with Crippen LogP contribution in [0.15, 0.2) is 40.9 Å². The summed E-state index contributed by atoms with van der Waals surface area (Å²) in [6.45, 7) is 2.40. The molecular formula is C17H18BrNO2. The van der Waals surface area contributed by atoms with E-state index in [1.54, 1.807) is 0 Å². The molecule has 110 valence electrons. The number of nitrogens with one attached hydrogen (secondary N) is 1. The van der Waals surface area contributed by atoms with Gasteiger partial charge < -0.3 is 15.2 Å². The molecule has 0 saturated heterocycles. The minimum atomic E-state index is 0.0841. The van der Waals surface area contributed by atoms with Crippen LogP contribution >= 0.6 is 15.9 Å². The van der Waals surface area contributed by atoms with Crippen molar-refractivity contribution in [3.05, 3.63) is 63.1 Å². The second-order valence-electron chi connectivity index (χ2n) is 5.23. The Morgan fingerprint density at radius 3 is 2.86 bits per heavy atom. The average molecular weight is 348 g/mol. The molecule has 4 heteroatoms. The smallest absolute Gasteiger partial charge is 0.127 e. The fourth-order valence-electron chi connectivity index (χ4n) is 2.66. The first-order valence-corrected chi connectivity index (χ1v) is 7.89. The SMILES string of the molecule is OCc1cccc(CNCc2cc(Br)cc3c2OCC3)c1. The molecule has 0 spiro atoms. The van der Waals surface area contributed by atoms with E-state index in [1.165, 1.54) is 16.7 Å². The van der Waals surface area contributed by atoms with Crippen LogP contribution < -0.4 is 10.1 Å². The summed E-state index contributed by atoms with van der Waals surface area (Å²) >= 11 is 3.56. The Balaban J connectivity index is 1.65. The van der Waals surface area contributed by atoms with Crippen molar-refractivity contribution in [1.82, 2.24) is 5.32 Å². The summed E-state index contributed by atoms with van der Waals surface area (Å²) in [5, 5.41) is 12.6. The number of hydrogen-bond acceptors (Lipinski definition) is 3. The van der Waals surface area contributed by atoms with Crippen LogP contribution in [0.25, 0.3) is 0 Å². The first-order chi connectivity index (χ1) is 10.3. The van der Waals surface area contributed by atoms with Gasteiger partial charge in [-0.1, -0.05) is 40.2 Å². The van der Waals surface area contributed by atoms with Gasteiger partial charge >= 0.3 is 0 Å². The lowest BCUT2D eigenvalue weighted by Crippen LogP contribution is -2.13. The maximum absolute atomic E-state index is 9.16. The zero-order chi connectivity index (χ0) is 14.7. The second kappa shape index (κ2) is 6.60. The summed E-state index contributed by atoms with van der Waals surface area (Å²) < 4.78 is 6.83. The van der Waals surface area contributed by atoms with Gasteiger partial charge in [0.05, 0.1) is 13.2 Å². The number of ether oxygens (including phenoxy) is 1. The second-order valence-corrected chi connectivity index (χ2v) is 6.15. The molecule has 0 amide bonds. The summed E-state index contributed by atoms with van der Waals surface area (Å²) in [7, 11) is 0. The largest absolute Gasteiger partial charge is 0.493 e. The molecule has 1 aliphatic heterocycles. The number of benzene rings is 2. The Kier molecular flexibility index (Phi) is 4.58. The monoisotopic (exact) mass is 347 g/mol. The predicted molar refractivity (Wildman–Crippen MR) is 86.2 cm³/mol. The number of halogens is 1. The van der Waals surface area contributed by atoms with E-state index in [-0.39, 0.29) is 6.61 Å². The van der Waals surface area contributed by atoms with E-state index in [4.69, 9.17) is 9.84 Å². The molecule has 3 rings (SSSR count). The van der Waals surface area contributed by atoms with E-state index in [0.717, 1.165) is 41.9 Å². The fourth-order valence-corrected chi connectivity index (χ4v) is 3.21. The molecular weight excluding hydrogens is 330 g/mol. The van der Waals surface area contributed by atoms with Crippen molar-refractivity contribution in [2.45, 2.75) is 26.1 Å². The summed E-state index contributed by atoms with van der Waals surface area (Å²) in [6.07, 6.45) is 0.986. The van der Waals surface area contributed by atoms with Gasteiger partial charge in [-0.25, -0.2) is 0 Å². The molecule has 0 fully saturated rings. The zero-order valence-electron chi connectivity index (χ0n) is 11.7. The van der Waals surface area contributed by atoms with E-state index in [1.807, 2.05) is 18.2 Å². The Bertz CT molecular complexity index is 643. The molecule has 1 aliphatic rings. The van der Waals surface area contributed by atoms with Crippen LogP contribution in [-0.2, 0) is 26.1 Å². The minimum absolute atomic E-state index is 0.0841. The molecule has 0 bridgehead atoms. The van der Waals surface area contributed by atoms with Crippen LogP contribution in [0.3, 0.4) is 0 Å². The van der Waals surface area contributed by atoms with Crippen LogP contribution in [0.5, 0.6) is 5.75 Å². The molecule has 21 heavy (non-hydrogen) atoms. The third-order valence-electron chi connectivity index (χ3n) is 3.64. The molecule has 2 aromatic rings. The van der Waals surface area contributed by atoms with Gasteiger partial charge in [0.25, 0.3) is 0 Å². The lowest BCUT2D eigenvalue weighted by atomic mass is 10.1. The zero-order valence-corrected chi connectivity index (χ0v) is 13.3. The highest BCUT2D eigenvalue weighted by Crippen LogP contribution is 2.32. The number of aliphatic hydroxyl groups is 1. The highest BCUT2D eigenvalue weighted by molar-refractivity contribution is 9.10. The van der Waals surface area contributed by atoms with Crippen molar-refractivity contribution in [2.24, 2.45) is 0 Å². The summed E-state index contributed by atoms with van der Waals surface area (Å²) in [6, 6.07) is 12.2. The maximum atomic E-state index is 9.16. The van der Waals surface area contributed by atoms with Crippen LogP contribution in [-0.4, -0.2) is 11.7 Å². The number of aliphatic hydroxyl groups excluding tert-OH is 1. The lowest BCUT2D eigenvalue weighted by Gasteiger charge is -2.11. The summed E-state index contributed by atoms with van der Waals surface area (Å²) in [4.78, 5) is 0. The van der Waals surface area contributed by atoms with E-state index in [9.17, 15) is 0 Å². The van der Waals surface area contributed by atoms with Crippen LogP contribution in [0, 0.1) is 0 Å². The molecule has 0 unspecified atom stereocenters. The van der Waals surface area contributed by atoms with E-state index in [0.29, 0.717) is 0 Å². The number of fused-ring (bicyclic) bond motifs is 1. The van der Waals surface area contributed by atoms with Crippen molar-refractivity contribution >= 4 is 15.9 Å². The van der Waals surface area contributed by atoms with E-state index >= 15 is 0 Å². The van der Waals surface area contributed by atoms with Gasteiger partial charge in [-0.15, -0.1) is 0 Å². The van der Waals surface area contributed by atoms with Gasteiger partial charge in [-0.3, -0.25) is 0 Å². The average Bonchev–Trinajstić information content (AvgIpc) is 2.95. The minimum Gasteiger partial charge on any atom is -0.493 e. The fraction of sp³-hybridized carbons (Fsp3) is 0.294. The van der Waals surface area contributed by atoms with Crippen molar-refractivity contribution in [3.8, 4) is 5.75 Å². The highest BCUT2D eigenvalue weighted by atomic mass is 79.9. The molecule has 1 heterocycles. The van der Waals surface area contributed by atoms with Gasteiger partial charge in [0.2, 0.25) is 0 Å². The van der Waals surface area contributed by atoms with Gasteiger partial charge in [0.15, 0.2) is 0 Å². The van der Waals surface area contributed by atoms with E-state index < -0.39 is 0 Å². The van der Waals surface area contributed by atoms with Gasteiger partial charge in [0, 0.05) is 29.5 Å². The van der Waals surface area contributed by atoms with Gasteiger partial charge in [-0.05, 0) is 28.8 Å². The number of rotatable bonds is 5. The van der Waals surface area contributed by atoms with Crippen molar-refractivity contribution < 1.29 is 9.84 Å². The Hall–Kier alpha value is -1.36. The predicted octanol–water partition coefficient (Wildman–Crippen LogP) is 3.17. The molecule has 0 aromatic heterocycles.